The third-order valence-electron chi connectivity index (χ3n) is 3.83. The molecule has 0 aromatic heterocycles. The molecule has 0 unspecified atom stereocenters. The molecule has 0 atom stereocenters. The van der Waals surface area contributed by atoms with Gasteiger partial charge in [0.05, 0.1) is 5.41 Å². The summed E-state index contributed by atoms with van der Waals surface area (Å²) in [6.07, 6.45) is 0. The maximum atomic E-state index is 11.3. The van der Waals surface area contributed by atoms with Crippen molar-refractivity contribution in [2.45, 2.75) is 33.1 Å². The molecular weight excluding hydrogens is 248 g/mol. The summed E-state index contributed by atoms with van der Waals surface area (Å²) in [4.78, 5) is 11.3. The van der Waals surface area contributed by atoms with Crippen LogP contribution in [-0.2, 0) is 10.2 Å². The average molecular weight is 268 g/mol. The van der Waals surface area contributed by atoms with E-state index in [4.69, 9.17) is 0 Å². The minimum Gasteiger partial charge on any atom is -0.481 e. The van der Waals surface area contributed by atoms with Crippen LogP contribution >= 0.6 is 0 Å². The molecule has 2 nitrogen and oxygen atoms in total. The first-order valence-electron chi connectivity index (χ1n) is 6.74. The van der Waals surface area contributed by atoms with Crippen LogP contribution in [0.3, 0.4) is 0 Å². The first kappa shape index (κ1) is 14.3. The van der Waals surface area contributed by atoms with Crippen molar-refractivity contribution in [1.29, 1.82) is 0 Å². The largest absolute Gasteiger partial charge is 0.481 e. The molecule has 2 heteroatoms. The Morgan fingerprint density at radius 1 is 1.00 bits per heavy atom. The second-order valence-electron chi connectivity index (χ2n) is 5.83. The van der Waals surface area contributed by atoms with Crippen molar-refractivity contribution in [2.24, 2.45) is 0 Å². The van der Waals surface area contributed by atoms with Crippen LogP contribution in [0.25, 0.3) is 11.1 Å². The molecule has 104 valence electrons. The van der Waals surface area contributed by atoms with Crippen LogP contribution in [0, 0.1) is 13.8 Å². The summed E-state index contributed by atoms with van der Waals surface area (Å²) < 4.78 is 0. The summed E-state index contributed by atoms with van der Waals surface area (Å²) in [6.45, 7) is 7.62. The van der Waals surface area contributed by atoms with E-state index in [1.807, 2.05) is 24.3 Å². The van der Waals surface area contributed by atoms with E-state index < -0.39 is 11.4 Å². The lowest BCUT2D eigenvalue weighted by atomic mass is 9.84. The summed E-state index contributed by atoms with van der Waals surface area (Å²) in [7, 11) is 0. The summed E-state index contributed by atoms with van der Waals surface area (Å²) in [6, 6.07) is 14.2. The highest BCUT2D eigenvalue weighted by Gasteiger charge is 2.29. The highest BCUT2D eigenvalue weighted by Crippen LogP contribution is 2.28. The van der Waals surface area contributed by atoms with Crippen LogP contribution in [0.2, 0.25) is 0 Å². The number of benzene rings is 2. The molecule has 20 heavy (non-hydrogen) atoms. The van der Waals surface area contributed by atoms with E-state index in [1.165, 1.54) is 16.7 Å². The van der Waals surface area contributed by atoms with Gasteiger partial charge in [-0.15, -0.1) is 0 Å². The van der Waals surface area contributed by atoms with Gasteiger partial charge in [0.25, 0.3) is 0 Å². The van der Waals surface area contributed by atoms with E-state index in [2.05, 4.69) is 32.0 Å². The smallest absolute Gasteiger partial charge is 0.313 e. The number of aliphatic carboxylic acids is 1. The first-order chi connectivity index (χ1) is 9.32. The Kier molecular flexibility index (Phi) is 3.67. The van der Waals surface area contributed by atoms with Gasteiger partial charge in [-0.25, -0.2) is 0 Å². The monoisotopic (exact) mass is 268 g/mol. The molecule has 0 aliphatic carbocycles. The van der Waals surface area contributed by atoms with Gasteiger partial charge in [-0.2, -0.15) is 0 Å². The number of carbonyl (C=O) groups is 1. The third kappa shape index (κ3) is 2.60. The molecule has 1 N–H and O–H groups in total. The molecule has 0 saturated carbocycles. The molecule has 0 aliphatic rings. The molecule has 0 bridgehead atoms. The minimum absolute atomic E-state index is 0.809. The van der Waals surface area contributed by atoms with Crippen LogP contribution < -0.4 is 0 Å². The van der Waals surface area contributed by atoms with Gasteiger partial charge in [0.2, 0.25) is 0 Å². The fraction of sp³-hybridized carbons (Fsp3) is 0.278. The predicted octanol–water partition coefficient (Wildman–Crippen LogP) is 4.33. The van der Waals surface area contributed by atoms with Gasteiger partial charge >= 0.3 is 5.97 Å². The Labute approximate surface area is 120 Å². The Balaban J connectivity index is 2.40. The minimum atomic E-state index is -0.860. The third-order valence-corrected chi connectivity index (χ3v) is 3.83. The van der Waals surface area contributed by atoms with E-state index in [9.17, 15) is 9.90 Å². The quantitative estimate of drug-likeness (QED) is 0.899. The van der Waals surface area contributed by atoms with Gasteiger partial charge in [0.15, 0.2) is 0 Å². The highest BCUT2D eigenvalue weighted by molar-refractivity contribution is 5.80. The molecule has 0 amide bonds. The Hall–Kier alpha value is -2.09. The molecule has 0 saturated heterocycles. The number of rotatable bonds is 3. The van der Waals surface area contributed by atoms with Crippen LogP contribution in [0.4, 0.5) is 0 Å². The van der Waals surface area contributed by atoms with Crippen molar-refractivity contribution in [3.8, 4) is 11.1 Å². The topological polar surface area (TPSA) is 37.3 Å². The zero-order chi connectivity index (χ0) is 14.9. The van der Waals surface area contributed by atoms with Crippen molar-refractivity contribution in [3.05, 3.63) is 59.2 Å². The maximum absolute atomic E-state index is 11.3. The van der Waals surface area contributed by atoms with Crippen LogP contribution in [0.5, 0.6) is 0 Å². The first-order valence-corrected chi connectivity index (χ1v) is 6.74. The van der Waals surface area contributed by atoms with Gasteiger partial charge in [-0.3, -0.25) is 4.79 Å². The van der Waals surface area contributed by atoms with Crippen LogP contribution in [0.15, 0.2) is 42.5 Å². The average Bonchev–Trinajstić information content (AvgIpc) is 2.38. The zero-order valence-corrected chi connectivity index (χ0v) is 12.4. The molecule has 0 radical (unpaired) electrons. The summed E-state index contributed by atoms with van der Waals surface area (Å²) >= 11 is 0. The molecule has 2 aromatic carbocycles. The molecule has 0 heterocycles. The molecule has 2 rings (SSSR count). The van der Waals surface area contributed by atoms with E-state index in [-0.39, 0.29) is 0 Å². The van der Waals surface area contributed by atoms with Crippen molar-refractivity contribution in [1.82, 2.24) is 0 Å². The molecule has 0 aliphatic heterocycles. The van der Waals surface area contributed by atoms with Gasteiger partial charge in [0.1, 0.15) is 0 Å². The maximum Gasteiger partial charge on any atom is 0.313 e. The molecule has 0 spiro atoms. The molecular formula is C18H20O2. The van der Waals surface area contributed by atoms with E-state index in [1.54, 1.807) is 13.8 Å². The van der Waals surface area contributed by atoms with Crippen molar-refractivity contribution in [3.63, 3.8) is 0 Å². The van der Waals surface area contributed by atoms with E-state index in [0.29, 0.717) is 0 Å². The summed E-state index contributed by atoms with van der Waals surface area (Å²) in [5, 5.41) is 9.26. The van der Waals surface area contributed by atoms with E-state index in [0.717, 1.165) is 11.1 Å². The van der Waals surface area contributed by atoms with Gasteiger partial charge in [0, 0.05) is 0 Å². The number of hydrogen-bond acceptors (Lipinski definition) is 1. The second kappa shape index (κ2) is 5.12. The zero-order valence-electron chi connectivity index (χ0n) is 12.4. The lowest BCUT2D eigenvalue weighted by Gasteiger charge is -2.20. The highest BCUT2D eigenvalue weighted by atomic mass is 16.4. The van der Waals surface area contributed by atoms with Crippen molar-refractivity contribution >= 4 is 5.97 Å². The van der Waals surface area contributed by atoms with Gasteiger partial charge < -0.3 is 5.11 Å². The normalized spacial score (nSPS) is 11.4. The summed E-state index contributed by atoms with van der Waals surface area (Å²) in [5.41, 5.74) is 4.74. The fourth-order valence-electron chi connectivity index (χ4n) is 2.33. The SMILES string of the molecule is Cc1ccc(-c2ccc(C(C)(C)C(=O)O)cc2)c(C)c1. The standard InChI is InChI=1S/C18H20O2/c1-12-5-10-16(13(2)11-12)14-6-8-15(9-7-14)18(3,4)17(19)20/h5-11H,1-4H3,(H,19,20). The fourth-order valence-corrected chi connectivity index (χ4v) is 2.33. The lowest BCUT2D eigenvalue weighted by molar-refractivity contribution is -0.142. The number of carboxylic acids is 1. The van der Waals surface area contributed by atoms with Gasteiger partial charge in [-0.1, -0.05) is 48.0 Å². The van der Waals surface area contributed by atoms with Gasteiger partial charge in [-0.05, 0) is 49.9 Å². The van der Waals surface area contributed by atoms with Crippen LogP contribution in [0.1, 0.15) is 30.5 Å². The lowest BCUT2D eigenvalue weighted by Crippen LogP contribution is -2.28. The summed E-state index contributed by atoms with van der Waals surface area (Å²) in [5.74, 6) is -0.809. The molecule has 2 aromatic rings. The predicted molar refractivity (Wildman–Crippen MR) is 82.0 cm³/mol. The number of carboxylic acid groups (broad SMARTS) is 1. The van der Waals surface area contributed by atoms with Crippen molar-refractivity contribution in [2.75, 3.05) is 0 Å². The number of aryl methyl sites for hydroxylation is 2. The Morgan fingerprint density at radius 3 is 2.10 bits per heavy atom. The molecule has 0 fully saturated rings. The van der Waals surface area contributed by atoms with E-state index >= 15 is 0 Å². The Morgan fingerprint density at radius 2 is 1.60 bits per heavy atom. The second-order valence-corrected chi connectivity index (χ2v) is 5.83. The van der Waals surface area contributed by atoms with Crippen LogP contribution in [-0.4, -0.2) is 11.1 Å². The number of hydrogen-bond donors (Lipinski definition) is 1. The van der Waals surface area contributed by atoms with Crippen molar-refractivity contribution < 1.29 is 9.90 Å². The Bertz CT molecular complexity index is 637.